The zero-order valence-corrected chi connectivity index (χ0v) is 11.5. The van der Waals surface area contributed by atoms with Gasteiger partial charge in [-0.3, -0.25) is 10.1 Å². The Balaban J connectivity index is 3.01. The minimum atomic E-state index is -0.525. The van der Waals surface area contributed by atoms with Gasteiger partial charge >= 0.3 is 0 Å². The van der Waals surface area contributed by atoms with Crippen molar-refractivity contribution in [2.45, 2.75) is 18.2 Å². The number of hydrogen-bond donors (Lipinski definition) is 2. The number of nitriles is 1. The molecule has 0 bridgehead atoms. The summed E-state index contributed by atoms with van der Waals surface area (Å²) in [6, 6.07) is 6.02. The van der Waals surface area contributed by atoms with Crippen LogP contribution in [0.15, 0.2) is 18.2 Å². The van der Waals surface area contributed by atoms with E-state index in [1.807, 2.05) is 19.2 Å². The van der Waals surface area contributed by atoms with Gasteiger partial charge in [-0.1, -0.05) is 0 Å². The molecule has 0 aliphatic rings. The predicted molar refractivity (Wildman–Crippen MR) is 75.3 cm³/mol. The smallest absolute Gasteiger partial charge is 0.293 e. The molecule has 0 amide bonds. The maximum Gasteiger partial charge on any atom is 0.293 e. The van der Waals surface area contributed by atoms with Crippen molar-refractivity contribution in [3.63, 3.8) is 0 Å². The highest BCUT2D eigenvalue weighted by molar-refractivity contribution is 7.99. The van der Waals surface area contributed by atoms with E-state index in [2.05, 4.69) is 5.32 Å². The quantitative estimate of drug-likeness (QED) is 0.611. The lowest BCUT2D eigenvalue weighted by molar-refractivity contribution is -0.384. The van der Waals surface area contributed by atoms with Crippen LogP contribution in [0.4, 0.5) is 11.4 Å². The second kappa shape index (κ2) is 6.97. The molecule has 2 N–H and O–H groups in total. The maximum atomic E-state index is 11.0. The second-order valence-corrected chi connectivity index (χ2v) is 5.07. The summed E-state index contributed by atoms with van der Waals surface area (Å²) in [6.45, 7) is 1.83. The molecular weight excluding hydrogens is 266 g/mol. The fourth-order valence-corrected chi connectivity index (χ4v) is 2.27. The molecule has 102 valence electrons. The number of nitrogens with one attached hydrogen (secondary N) is 1. The van der Waals surface area contributed by atoms with Gasteiger partial charge in [0.1, 0.15) is 5.69 Å². The molecule has 0 heterocycles. The van der Waals surface area contributed by atoms with E-state index in [4.69, 9.17) is 5.26 Å². The van der Waals surface area contributed by atoms with Crippen LogP contribution in [0.25, 0.3) is 0 Å². The van der Waals surface area contributed by atoms with Crippen LogP contribution in [-0.2, 0) is 0 Å². The summed E-state index contributed by atoms with van der Waals surface area (Å²) in [6.07, 6.45) is 1.87. The van der Waals surface area contributed by atoms with Crippen LogP contribution in [0, 0.1) is 21.4 Å². The highest BCUT2D eigenvalue weighted by atomic mass is 32.2. The van der Waals surface area contributed by atoms with Gasteiger partial charge in [-0.05, 0) is 25.3 Å². The van der Waals surface area contributed by atoms with Crippen LogP contribution < -0.4 is 5.32 Å². The van der Waals surface area contributed by atoms with E-state index >= 15 is 0 Å². The summed E-state index contributed by atoms with van der Waals surface area (Å²) in [5, 5.41) is 31.9. The van der Waals surface area contributed by atoms with Crippen LogP contribution in [0.1, 0.15) is 12.5 Å². The monoisotopic (exact) mass is 281 g/mol. The number of aliphatic hydroxyl groups excluding tert-OH is 1. The van der Waals surface area contributed by atoms with Crippen molar-refractivity contribution in [3.05, 3.63) is 33.9 Å². The average molecular weight is 281 g/mol. The van der Waals surface area contributed by atoms with Gasteiger partial charge in [0.05, 0.1) is 23.2 Å². The molecule has 0 aromatic heterocycles. The fourth-order valence-electron chi connectivity index (χ4n) is 1.65. The van der Waals surface area contributed by atoms with Gasteiger partial charge in [-0.25, -0.2) is 0 Å². The van der Waals surface area contributed by atoms with Crippen molar-refractivity contribution in [2.75, 3.05) is 18.2 Å². The van der Waals surface area contributed by atoms with E-state index in [0.717, 1.165) is 0 Å². The highest BCUT2D eigenvalue weighted by Gasteiger charge is 2.20. The van der Waals surface area contributed by atoms with Crippen molar-refractivity contribution >= 4 is 23.1 Å². The van der Waals surface area contributed by atoms with Crippen LogP contribution in [0.2, 0.25) is 0 Å². The normalized spacial score (nSPS) is 13.4. The molecule has 0 saturated heterocycles. The molecule has 0 aliphatic heterocycles. The average Bonchev–Trinajstić information content (AvgIpc) is 2.40. The third-order valence-electron chi connectivity index (χ3n) is 2.75. The summed E-state index contributed by atoms with van der Waals surface area (Å²) in [5.74, 6) is 0. The molecular formula is C12H15N3O3S. The number of nitrogens with zero attached hydrogens (tertiary/aromatic N) is 2. The molecule has 0 saturated carbocycles. The van der Waals surface area contributed by atoms with Crippen molar-refractivity contribution in [2.24, 2.45) is 0 Å². The number of hydrogen-bond acceptors (Lipinski definition) is 6. The highest BCUT2D eigenvalue weighted by Crippen LogP contribution is 2.27. The Morgan fingerprint density at radius 3 is 2.79 bits per heavy atom. The molecule has 2 atom stereocenters. The topological polar surface area (TPSA) is 99.2 Å². The summed E-state index contributed by atoms with van der Waals surface area (Å²) in [4.78, 5) is 10.5. The lowest BCUT2D eigenvalue weighted by Gasteiger charge is -2.22. The zero-order chi connectivity index (χ0) is 14.4. The first-order valence-corrected chi connectivity index (χ1v) is 6.91. The molecule has 1 aromatic carbocycles. The van der Waals surface area contributed by atoms with Gasteiger partial charge < -0.3 is 10.4 Å². The molecule has 0 unspecified atom stereocenters. The lowest BCUT2D eigenvalue weighted by Crippen LogP contribution is -2.31. The van der Waals surface area contributed by atoms with Gasteiger partial charge in [-0.15, -0.1) is 0 Å². The largest absolute Gasteiger partial charge is 0.395 e. The molecule has 0 aliphatic carbocycles. The minimum Gasteiger partial charge on any atom is -0.395 e. The van der Waals surface area contributed by atoms with E-state index in [-0.39, 0.29) is 29.1 Å². The summed E-state index contributed by atoms with van der Waals surface area (Å²) in [5.41, 5.74) is 0.459. The molecule has 1 aromatic rings. The third kappa shape index (κ3) is 3.84. The first kappa shape index (κ1) is 15.3. The Kier molecular flexibility index (Phi) is 5.60. The summed E-state index contributed by atoms with van der Waals surface area (Å²) in [7, 11) is 0. The van der Waals surface area contributed by atoms with E-state index < -0.39 is 4.92 Å². The van der Waals surface area contributed by atoms with Crippen LogP contribution in [0.3, 0.4) is 0 Å². The third-order valence-corrected chi connectivity index (χ3v) is 3.91. The predicted octanol–water partition coefficient (Wildman–Crippen LogP) is 1.99. The standard InChI is InChI=1S/C12H15N3O3S/c1-8(12(7-16)19-2)14-10-4-3-9(6-13)5-11(10)15(17)18/h3-5,8,12,14,16H,7H2,1-2H3/t8-,12-/m0/s1. The molecule has 0 fully saturated rings. The molecule has 0 spiro atoms. The van der Waals surface area contributed by atoms with Gasteiger partial charge in [0.15, 0.2) is 0 Å². The number of thioether (sulfide) groups is 1. The van der Waals surface area contributed by atoms with Gasteiger partial charge in [0.25, 0.3) is 5.69 Å². The summed E-state index contributed by atoms with van der Waals surface area (Å²) < 4.78 is 0. The maximum absolute atomic E-state index is 11.0. The molecule has 1 rings (SSSR count). The van der Waals surface area contributed by atoms with Crippen LogP contribution >= 0.6 is 11.8 Å². The summed E-state index contributed by atoms with van der Waals surface area (Å²) >= 11 is 1.48. The van der Waals surface area contributed by atoms with Crippen LogP contribution in [0.5, 0.6) is 0 Å². The fraction of sp³-hybridized carbons (Fsp3) is 0.417. The molecule has 6 nitrogen and oxygen atoms in total. The van der Waals surface area contributed by atoms with Crippen molar-refractivity contribution in [3.8, 4) is 6.07 Å². The van der Waals surface area contributed by atoms with Crippen molar-refractivity contribution < 1.29 is 10.0 Å². The number of aliphatic hydroxyl groups is 1. The van der Waals surface area contributed by atoms with E-state index in [0.29, 0.717) is 5.69 Å². The Morgan fingerprint density at radius 1 is 1.63 bits per heavy atom. The minimum absolute atomic E-state index is 0.0145. The van der Waals surface area contributed by atoms with E-state index in [1.54, 1.807) is 0 Å². The number of rotatable bonds is 6. The van der Waals surface area contributed by atoms with E-state index in [1.165, 1.54) is 30.0 Å². The number of anilines is 1. The Morgan fingerprint density at radius 2 is 2.32 bits per heavy atom. The van der Waals surface area contributed by atoms with Gasteiger partial charge in [0.2, 0.25) is 0 Å². The Labute approximate surface area is 115 Å². The molecule has 7 heteroatoms. The lowest BCUT2D eigenvalue weighted by atomic mass is 10.1. The number of nitro groups is 1. The van der Waals surface area contributed by atoms with E-state index in [9.17, 15) is 15.2 Å². The Bertz CT molecular complexity index is 497. The first-order chi connectivity index (χ1) is 9.03. The van der Waals surface area contributed by atoms with Crippen molar-refractivity contribution in [1.29, 1.82) is 5.26 Å². The SMILES string of the molecule is CS[C@@H](CO)[C@H](C)Nc1ccc(C#N)cc1[N+](=O)[O-]. The Hall–Kier alpha value is -1.78. The molecule has 0 radical (unpaired) electrons. The van der Waals surface area contributed by atoms with Crippen LogP contribution in [-0.4, -0.2) is 34.2 Å². The number of nitro benzene ring substituents is 1. The zero-order valence-electron chi connectivity index (χ0n) is 10.7. The number of benzene rings is 1. The molecule has 19 heavy (non-hydrogen) atoms. The first-order valence-electron chi connectivity index (χ1n) is 5.62. The van der Waals surface area contributed by atoms with Gasteiger partial charge in [-0.2, -0.15) is 17.0 Å². The van der Waals surface area contributed by atoms with Gasteiger partial charge in [0, 0.05) is 17.4 Å². The van der Waals surface area contributed by atoms with Crippen molar-refractivity contribution in [1.82, 2.24) is 0 Å². The second-order valence-electron chi connectivity index (χ2n) is 3.99.